The van der Waals surface area contributed by atoms with E-state index in [1.54, 1.807) is 0 Å². The zero-order chi connectivity index (χ0) is 13.1. The van der Waals surface area contributed by atoms with Crippen LogP contribution in [0.2, 0.25) is 0 Å². The Morgan fingerprint density at radius 2 is 1.58 bits per heavy atom. The van der Waals surface area contributed by atoms with Gasteiger partial charge in [0.2, 0.25) is 0 Å². The molecular formula is C18H20O. The summed E-state index contributed by atoms with van der Waals surface area (Å²) in [6.07, 6.45) is 2.82. The molecule has 1 N–H and O–H groups in total. The molecule has 1 heteroatoms. The first-order valence-corrected chi connectivity index (χ1v) is 7.11. The lowest BCUT2D eigenvalue weighted by Crippen LogP contribution is -2.11. The zero-order valence-corrected chi connectivity index (χ0v) is 11.1. The Labute approximate surface area is 114 Å². The van der Waals surface area contributed by atoms with Gasteiger partial charge >= 0.3 is 0 Å². The summed E-state index contributed by atoms with van der Waals surface area (Å²) in [5.74, 6) is 1.04. The Balaban J connectivity index is 1.52. The van der Waals surface area contributed by atoms with E-state index in [4.69, 9.17) is 0 Å². The van der Waals surface area contributed by atoms with E-state index < -0.39 is 0 Å². The van der Waals surface area contributed by atoms with Gasteiger partial charge in [0.25, 0.3) is 0 Å². The van der Waals surface area contributed by atoms with Gasteiger partial charge in [-0.2, -0.15) is 0 Å². The number of rotatable bonds is 5. The van der Waals surface area contributed by atoms with Crippen molar-refractivity contribution in [3.05, 3.63) is 71.8 Å². The van der Waals surface area contributed by atoms with E-state index in [9.17, 15) is 5.11 Å². The van der Waals surface area contributed by atoms with E-state index in [0.29, 0.717) is 11.8 Å². The molecule has 1 nitrogen and oxygen atoms in total. The highest BCUT2D eigenvalue weighted by atomic mass is 16.3. The lowest BCUT2D eigenvalue weighted by molar-refractivity contribution is 0.139. The Morgan fingerprint density at radius 3 is 2.26 bits per heavy atom. The van der Waals surface area contributed by atoms with Crippen molar-refractivity contribution in [1.82, 2.24) is 0 Å². The minimum absolute atomic E-state index is 0.162. The first kappa shape index (κ1) is 12.4. The van der Waals surface area contributed by atoms with Crippen molar-refractivity contribution in [1.29, 1.82) is 0 Å². The molecule has 0 aliphatic heterocycles. The van der Waals surface area contributed by atoms with Gasteiger partial charge in [-0.05, 0) is 42.2 Å². The third-order valence-corrected chi connectivity index (χ3v) is 4.13. The van der Waals surface area contributed by atoms with Crippen LogP contribution in [0.1, 0.15) is 29.9 Å². The maximum absolute atomic E-state index is 10.3. The van der Waals surface area contributed by atoms with Crippen LogP contribution in [0.3, 0.4) is 0 Å². The molecule has 0 radical (unpaired) electrons. The van der Waals surface area contributed by atoms with Crippen molar-refractivity contribution >= 4 is 0 Å². The van der Waals surface area contributed by atoms with E-state index in [0.717, 1.165) is 19.3 Å². The number of benzene rings is 2. The summed E-state index contributed by atoms with van der Waals surface area (Å²) in [4.78, 5) is 0. The Morgan fingerprint density at radius 1 is 0.947 bits per heavy atom. The second kappa shape index (κ2) is 5.58. The van der Waals surface area contributed by atoms with Gasteiger partial charge < -0.3 is 5.11 Å². The first-order chi connectivity index (χ1) is 9.34. The van der Waals surface area contributed by atoms with Crippen molar-refractivity contribution in [3.8, 4) is 0 Å². The largest absolute Gasteiger partial charge is 0.393 e. The average Bonchev–Trinajstić information content (AvgIpc) is 3.27. The second-order valence-corrected chi connectivity index (χ2v) is 5.51. The maximum atomic E-state index is 10.3. The molecule has 0 saturated heterocycles. The minimum atomic E-state index is -0.162. The Bertz CT molecular complexity index is 506. The van der Waals surface area contributed by atoms with Crippen LogP contribution in [0.25, 0.3) is 0 Å². The third kappa shape index (κ3) is 3.05. The second-order valence-electron chi connectivity index (χ2n) is 5.51. The number of hydrogen-bond acceptors (Lipinski definition) is 1. The average molecular weight is 252 g/mol. The molecule has 1 aliphatic carbocycles. The molecule has 98 valence electrons. The van der Waals surface area contributed by atoms with Crippen LogP contribution in [0.15, 0.2) is 60.7 Å². The molecule has 3 rings (SSSR count). The number of aliphatic hydroxyl groups is 1. The molecule has 1 saturated carbocycles. The molecule has 19 heavy (non-hydrogen) atoms. The fourth-order valence-electron chi connectivity index (χ4n) is 2.90. The molecule has 3 atom stereocenters. The molecule has 1 fully saturated rings. The molecule has 2 aromatic carbocycles. The topological polar surface area (TPSA) is 20.2 Å². The normalized spacial score (nSPS) is 23.0. The summed E-state index contributed by atoms with van der Waals surface area (Å²) in [6, 6.07) is 21.0. The van der Waals surface area contributed by atoms with Crippen molar-refractivity contribution < 1.29 is 5.11 Å². The van der Waals surface area contributed by atoms with Gasteiger partial charge in [0.1, 0.15) is 0 Å². The highest BCUT2D eigenvalue weighted by Crippen LogP contribution is 2.50. The van der Waals surface area contributed by atoms with E-state index >= 15 is 0 Å². The maximum Gasteiger partial charge on any atom is 0.0577 e. The van der Waals surface area contributed by atoms with Crippen molar-refractivity contribution in [2.45, 2.75) is 31.3 Å². The van der Waals surface area contributed by atoms with Gasteiger partial charge in [0.15, 0.2) is 0 Å². The standard InChI is InChI=1S/C18H20O/c19-18(12-11-14-7-3-1-4-8-14)17-13-16(17)15-9-5-2-6-10-15/h1-10,16-19H,11-13H2. The molecule has 3 unspecified atom stereocenters. The van der Waals surface area contributed by atoms with Crippen molar-refractivity contribution in [2.75, 3.05) is 0 Å². The van der Waals surface area contributed by atoms with E-state index in [2.05, 4.69) is 48.5 Å². The first-order valence-electron chi connectivity index (χ1n) is 7.11. The van der Waals surface area contributed by atoms with Gasteiger partial charge in [-0.25, -0.2) is 0 Å². The number of aryl methyl sites for hydroxylation is 1. The molecular weight excluding hydrogens is 232 g/mol. The highest BCUT2D eigenvalue weighted by molar-refractivity contribution is 5.26. The molecule has 0 bridgehead atoms. The molecule has 0 heterocycles. The molecule has 0 spiro atoms. The van der Waals surface area contributed by atoms with Crippen LogP contribution in [0, 0.1) is 5.92 Å². The third-order valence-electron chi connectivity index (χ3n) is 4.13. The Hall–Kier alpha value is -1.60. The predicted octanol–water partition coefficient (Wildman–Crippen LogP) is 3.78. The summed E-state index contributed by atoms with van der Waals surface area (Å²) < 4.78 is 0. The van der Waals surface area contributed by atoms with Crippen LogP contribution >= 0.6 is 0 Å². The van der Waals surface area contributed by atoms with Gasteiger partial charge in [-0.3, -0.25) is 0 Å². The fraction of sp³-hybridized carbons (Fsp3) is 0.333. The van der Waals surface area contributed by atoms with Gasteiger partial charge in [0.05, 0.1) is 6.10 Å². The summed E-state index contributed by atoms with van der Waals surface area (Å²) >= 11 is 0. The minimum Gasteiger partial charge on any atom is -0.393 e. The van der Waals surface area contributed by atoms with Crippen LogP contribution in [-0.2, 0) is 6.42 Å². The van der Waals surface area contributed by atoms with Crippen LogP contribution in [0.5, 0.6) is 0 Å². The quantitative estimate of drug-likeness (QED) is 0.858. The van der Waals surface area contributed by atoms with Crippen LogP contribution in [0.4, 0.5) is 0 Å². The summed E-state index contributed by atoms with van der Waals surface area (Å²) in [7, 11) is 0. The van der Waals surface area contributed by atoms with E-state index in [1.807, 2.05) is 12.1 Å². The monoisotopic (exact) mass is 252 g/mol. The summed E-state index contributed by atoms with van der Waals surface area (Å²) in [5, 5.41) is 10.3. The van der Waals surface area contributed by atoms with Crippen molar-refractivity contribution in [2.24, 2.45) is 5.92 Å². The lowest BCUT2D eigenvalue weighted by atomic mass is 10.0. The van der Waals surface area contributed by atoms with Crippen molar-refractivity contribution in [3.63, 3.8) is 0 Å². The van der Waals surface area contributed by atoms with E-state index in [1.165, 1.54) is 11.1 Å². The van der Waals surface area contributed by atoms with Crippen LogP contribution in [-0.4, -0.2) is 11.2 Å². The fourth-order valence-corrected chi connectivity index (χ4v) is 2.90. The molecule has 2 aromatic rings. The SMILES string of the molecule is OC(CCc1ccccc1)C1CC1c1ccccc1. The predicted molar refractivity (Wildman–Crippen MR) is 78.1 cm³/mol. The zero-order valence-electron chi connectivity index (χ0n) is 11.1. The van der Waals surface area contributed by atoms with E-state index in [-0.39, 0.29) is 6.10 Å². The molecule has 1 aliphatic rings. The Kier molecular flexibility index (Phi) is 3.65. The lowest BCUT2D eigenvalue weighted by Gasteiger charge is -2.10. The highest BCUT2D eigenvalue weighted by Gasteiger charge is 2.42. The van der Waals surface area contributed by atoms with Gasteiger partial charge in [0, 0.05) is 0 Å². The van der Waals surface area contributed by atoms with Gasteiger partial charge in [-0.1, -0.05) is 60.7 Å². The number of hydrogen-bond donors (Lipinski definition) is 1. The number of aliphatic hydroxyl groups excluding tert-OH is 1. The van der Waals surface area contributed by atoms with Crippen LogP contribution < -0.4 is 0 Å². The smallest absolute Gasteiger partial charge is 0.0577 e. The molecule has 0 aromatic heterocycles. The molecule has 0 amide bonds. The van der Waals surface area contributed by atoms with Gasteiger partial charge in [-0.15, -0.1) is 0 Å². The summed E-state index contributed by atoms with van der Waals surface area (Å²) in [5.41, 5.74) is 2.70. The summed E-state index contributed by atoms with van der Waals surface area (Å²) in [6.45, 7) is 0.